The van der Waals surface area contributed by atoms with E-state index in [9.17, 15) is 9.59 Å². The fourth-order valence-electron chi connectivity index (χ4n) is 4.01. The second-order valence-corrected chi connectivity index (χ2v) is 7.60. The highest BCUT2D eigenvalue weighted by atomic mass is 16.5. The lowest BCUT2D eigenvalue weighted by atomic mass is 9.95. The fourth-order valence-corrected chi connectivity index (χ4v) is 4.01. The van der Waals surface area contributed by atoms with Gasteiger partial charge in [0.1, 0.15) is 5.75 Å². The van der Waals surface area contributed by atoms with E-state index in [1.165, 1.54) is 0 Å². The highest BCUT2D eigenvalue weighted by Gasteiger charge is 2.37. The van der Waals surface area contributed by atoms with Crippen molar-refractivity contribution in [3.8, 4) is 5.75 Å². The summed E-state index contributed by atoms with van der Waals surface area (Å²) in [6.45, 7) is 6.87. The predicted molar refractivity (Wildman–Crippen MR) is 104 cm³/mol. The van der Waals surface area contributed by atoms with Crippen molar-refractivity contribution in [2.24, 2.45) is 11.8 Å². The number of hydrogen-bond donors (Lipinski definition) is 1. The Hall–Kier alpha value is -2.08. The normalized spacial score (nSPS) is 21.0. The van der Waals surface area contributed by atoms with Crippen LogP contribution in [0.25, 0.3) is 0 Å². The predicted octanol–water partition coefficient (Wildman–Crippen LogP) is 1.89. The summed E-state index contributed by atoms with van der Waals surface area (Å²) in [5.74, 6) is 1.50. The van der Waals surface area contributed by atoms with Gasteiger partial charge in [0.15, 0.2) is 0 Å². The van der Waals surface area contributed by atoms with Gasteiger partial charge in [-0.15, -0.1) is 0 Å². The summed E-state index contributed by atoms with van der Waals surface area (Å²) in [7, 11) is 1.64. The number of nitrogens with one attached hydrogen (secondary N) is 1. The van der Waals surface area contributed by atoms with Crippen LogP contribution < -0.4 is 10.1 Å². The molecule has 3 rings (SSSR count). The van der Waals surface area contributed by atoms with Crippen LogP contribution in [-0.4, -0.2) is 61.4 Å². The first-order valence-corrected chi connectivity index (χ1v) is 10.0. The number of carbonyl (C=O) groups is 2. The van der Waals surface area contributed by atoms with Crippen molar-refractivity contribution in [1.29, 1.82) is 0 Å². The van der Waals surface area contributed by atoms with Crippen molar-refractivity contribution in [1.82, 2.24) is 15.1 Å². The van der Waals surface area contributed by atoms with Gasteiger partial charge in [-0.25, -0.2) is 0 Å². The van der Waals surface area contributed by atoms with Crippen LogP contribution in [0.4, 0.5) is 0 Å². The maximum atomic E-state index is 12.9. The van der Waals surface area contributed by atoms with Crippen LogP contribution in [0.1, 0.15) is 31.7 Å². The van der Waals surface area contributed by atoms with Crippen LogP contribution in [0.15, 0.2) is 24.3 Å². The molecule has 1 unspecified atom stereocenters. The van der Waals surface area contributed by atoms with Crippen LogP contribution in [0, 0.1) is 11.8 Å². The quantitative estimate of drug-likeness (QED) is 0.793. The SMILES string of the molecule is CCNCC1CCN(C(=O)C2CC(=O)N(Cc3ccc(OC)cc3)C2)CC1. The van der Waals surface area contributed by atoms with Crippen LogP contribution in [0.3, 0.4) is 0 Å². The van der Waals surface area contributed by atoms with Crippen LogP contribution >= 0.6 is 0 Å². The summed E-state index contributed by atoms with van der Waals surface area (Å²) in [4.78, 5) is 29.0. The molecule has 2 aliphatic heterocycles. The van der Waals surface area contributed by atoms with Gasteiger partial charge in [-0.1, -0.05) is 19.1 Å². The molecule has 0 radical (unpaired) electrons. The molecule has 2 fully saturated rings. The molecule has 148 valence electrons. The third kappa shape index (κ3) is 5.01. The molecule has 2 aliphatic rings. The minimum absolute atomic E-state index is 0.0752. The number of nitrogens with zero attached hydrogens (tertiary/aromatic N) is 2. The fraction of sp³-hybridized carbons (Fsp3) is 0.619. The van der Waals surface area contributed by atoms with E-state index in [0.717, 1.165) is 50.3 Å². The van der Waals surface area contributed by atoms with Crippen LogP contribution in [-0.2, 0) is 16.1 Å². The van der Waals surface area contributed by atoms with E-state index in [4.69, 9.17) is 4.74 Å². The molecule has 1 aromatic rings. The number of benzene rings is 1. The van der Waals surface area contributed by atoms with Crippen molar-refractivity contribution >= 4 is 11.8 Å². The van der Waals surface area contributed by atoms with E-state index in [1.807, 2.05) is 34.1 Å². The van der Waals surface area contributed by atoms with Gasteiger partial charge in [0.05, 0.1) is 13.0 Å². The smallest absolute Gasteiger partial charge is 0.227 e. The van der Waals surface area contributed by atoms with Crippen LogP contribution in [0.5, 0.6) is 5.75 Å². The van der Waals surface area contributed by atoms with E-state index in [1.54, 1.807) is 7.11 Å². The minimum Gasteiger partial charge on any atom is -0.497 e. The first-order chi connectivity index (χ1) is 13.1. The highest BCUT2D eigenvalue weighted by Crippen LogP contribution is 2.25. The zero-order valence-electron chi connectivity index (χ0n) is 16.4. The Morgan fingerprint density at radius 3 is 2.56 bits per heavy atom. The Labute approximate surface area is 161 Å². The molecule has 6 nitrogen and oxygen atoms in total. The number of amides is 2. The lowest BCUT2D eigenvalue weighted by Gasteiger charge is -2.33. The molecule has 6 heteroatoms. The Bertz CT molecular complexity index is 639. The molecule has 2 amide bonds. The molecule has 27 heavy (non-hydrogen) atoms. The molecule has 1 aromatic carbocycles. The second kappa shape index (κ2) is 9.22. The summed E-state index contributed by atoms with van der Waals surface area (Å²) < 4.78 is 5.17. The molecule has 2 heterocycles. The lowest BCUT2D eigenvalue weighted by Crippen LogP contribution is -2.44. The number of hydrogen-bond acceptors (Lipinski definition) is 4. The van der Waals surface area contributed by atoms with Gasteiger partial charge in [0.25, 0.3) is 0 Å². The van der Waals surface area contributed by atoms with E-state index in [2.05, 4.69) is 12.2 Å². The van der Waals surface area contributed by atoms with Gasteiger partial charge in [0, 0.05) is 32.6 Å². The summed E-state index contributed by atoms with van der Waals surface area (Å²) in [6.07, 6.45) is 2.44. The van der Waals surface area contributed by atoms with Gasteiger partial charge in [0.2, 0.25) is 11.8 Å². The number of ether oxygens (including phenoxy) is 1. The van der Waals surface area contributed by atoms with E-state index in [-0.39, 0.29) is 17.7 Å². The van der Waals surface area contributed by atoms with Gasteiger partial charge in [-0.2, -0.15) is 0 Å². The maximum absolute atomic E-state index is 12.9. The molecule has 0 aliphatic carbocycles. The highest BCUT2D eigenvalue weighted by molar-refractivity contribution is 5.89. The Morgan fingerprint density at radius 2 is 1.93 bits per heavy atom. The lowest BCUT2D eigenvalue weighted by molar-refractivity contribution is -0.137. The Balaban J connectivity index is 1.50. The maximum Gasteiger partial charge on any atom is 0.227 e. The number of piperidine rings is 1. The molecular weight excluding hydrogens is 342 g/mol. The van der Waals surface area contributed by atoms with Crippen molar-refractivity contribution < 1.29 is 14.3 Å². The zero-order chi connectivity index (χ0) is 19.2. The monoisotopic (exact) mass is 373 g/mol. The van der Waals surface area contributed by atoms with Gasteiger partial charge >= 0.3 is 0 Å². The molecule has 0 saturated carbocycles. The number of likely N-dealkylation sites (tertiary alicyclic amines) is 2. The van der Waals surface area contributed by atoms with Gasteiger partial charge in [-0.3, -0.25) is 9.59 Å². The van der Waals surface area contributed by atoms with Crippen molar-refractivity contribution in [3.05, 3.63) is 29.8 Å². The Morgan fingerprint density at radius 1 is 1.22 bits per heavy atom. The molecule has 0 aromatic heterocycles. The van der Waals surface area contributed by atoms with Crippen molar-refractivity contribution in [3.63, 3.8) is 0 Å². The van der Waals surface area contributed by atoms with Gasteiger partial charge < -0.3 is 19.9 Å². The average molecular weight is 373 g/mol. The number of methoxy groups -OCH3 is 1. The minimum atomic E-state index is -0.193. The molecule has 0 bridgehead atoms. The standard InChI is InChI=1S/C21H31N3O3/c1-3-22-13-16-8-10-23(11-9-16)21(26)18-12-20(25)24(15-18)14-17-4-6-19(27-2)7-5-17/h4-7,16,18,22H,3,8-15H2,1-2H3. The van der Waals surface area contributed by atoms with Crippen molar-refractivity contribution in [2.75, 3.05) is 39.8 Å². The van der Waals surface area contributed by atoms with E-state index >= 15 is 0 Å². The van der Waals surface area contributed by atoms with E-state index in [0.29, 0.717) is 25.4 Å². The number of carbonyl (C=O) groups excluding carboxylic acids is 2. The first kappa shape index (κ1) is 19.7. The average Bonchev–Trinajstić information content (AvgIpc) is 3.07. The van der Waals surface area contributed by atoms with Crippen molar-refractivity contribution in [2.45, 2.75) is 32.7 Å². The molecule has 0 spiro atoms. The molecular formula is C21H31N3O3. The number of rotatable bonds is 7. The molecule has 2 saturated heterocycles. The summed E-state index contributed by atoms with van der Waals surface area (Å²) >= 11 is 0. The summed E-state index contributed by atoms with van der Waals surface area (Å²) in [5.41, 5.74) is 1.06. The third-order valence-corrected chi connectivity index (χ3v) is 5.71. The zero-order valence-corrected chi connectivity index (χ0v) is 16.4. The third-order valence-electron chi connectivity index (χ3n) is 5.71. The molecule has 1 N–H and O–H groups in total. The van der Waals surface area contributed by atoms with Crippen LogP contribution in [0.2, 0.25) is 0 Å². The largest absolute Gasteiger partial charge is 0.497 e. The van der Waals surface area contributed by atoms with E-state index < -0.39 is 0 Å². The topological polar surface area (TPSA) is 61.9 Å². The first-order valence-electron chi connectivity index (χ1n) is 10.0. The Kier molecular flexibility index (Phi) is 6.72. The second-order valence-electron chi connectivity index (χ2n) is 7.60. The van der Waals surface area contributed by atoms with Gasteiger partial charge in [-0.05, 0) is 49.5 Å². The summed E-state index contributed by atoms with van der Waals surface area (Å²) in [6, 6.07) is 7.73. The molecule has 1 atom stereocenters. The summed E-state index contributed by atoms with van der Waals surface area (Å²) in [5, 5.41) is 3.40.